The molecular formula is C20H24N4O2S2. The zero-order chi connectivity index (χ0) is 19.9. The predicted octanol–water partition coefficient (Wildman–Crippen LogP) is 3.26. The molecule has 1 atom stereocenters. The molecule has 0 bridgehead atoms. The van der Waals surface area contributed by atoms with Gasteiger partial charge in [-0.05, 0) is 63.9 Å². The molecule has 0 spiro atoms. The lowest BCUT2D eigenvalue weighted by Gasteiger charge is -2.22. The van der Waals surface area contributed by atoms with E-state index in [0.29, 0.717) is 11.7 Å². The van der Waals surface area contributed by atoms with Crippen molar-refractivity contribution in [2.24, 2.45) is 5.92 Å². The van der Waals surface area contributed by atoms with Crippen LogP contribution < -0.4 is 10.9 Å². The first-order valence-electron chi connectivity index (χ1n) is 9.87. The Hall–Kier alpha value is -1.85. The second-order valence-electron chi connectivity index (χ2n) is 7.76. The molecule has 2 aromatic rings. The Kier molecular flexibility index (Phi) is 5.23. The molecule has 2 aromatic heterocycles. The van der Waals surface area contributed by atoms with E-state index in [1.807, 2.05) is 6.92 Å². The molecule has 1 N–H and O–H groups in total. The van der Waals surface area contributed by atoms with Crippen LogP contribution in [0.1, 0.15) is 50.0 Å². The Morgan fingerprint density at radius 2 is 2.18 bits per heavy atom. The second kappa shape index (κ2) is 7.53. The molecule has 148 valence electrons. The van der Waals surface area contributed by atoms with Crippen LogP contribution in [0.25, 0.3) is 10.2 Å². The van der Waals surface area contributed by atoms with Gasteiger partial charge in [-0.1, -0.05) is 11.8 Å². The third kappa shape index (κ3) is 3.46. The lowest BCUT2D eigenvalue weighted by molar-refractivity contribution is -0.119. The van der Waals surface area contributed by atoms with Crippen molar-refractivity contribution in [2.45, 2.75) is 69.6 Å². The first kappa shape index (κ1) is 19.5. The van der Waals surface area contributed by atoms with Crippen LogP contribution in [-0.4, -0.2) is 26.8 Å². The molecule has 1 fully saturated rings. The van der Waals surface area contributed by atoms with Crippen molar-refractivity contribution < 1.29 is 4.79 Å². The monoisotopic (exact) mass is 416 g/mol. The van der Waals surface area contributed by atoms with E-state index >= 15 is 0 Å². The summed E-state index contributed by atoms with van der Waals surface area (Å²) < 4.78 is 1.67. The molecule has 1 amide bonds. The van der Waals surface area contributed by atoms with Gasteiger partial charge in [0.2, 0.25) is 5.91 Å². The van der Waals surface area contributed by atoms with Gasteiger partial charge in [0.05, 0.1) is 17.2 Å². The van der Waals surface area contributed by atoms with Crippen LogP contribution in [0.4, 0.5) is 0 Å². The van der Waals surface area contributed by atoms with Gasteiger partial charge in [0, 0.05) is 11.4 Å². The molecule has 2 aliphatic carbocycles. The number of nitrogens with zero attached hydrogens (tertiary/aromatic N) is 3. The van der Waals surface area contributed by atoms with Gasteiger partial charge in [0.1, 0.15) is 10.4 Å². The van der Waals surface area contributed by atoms with Gasteiger partial charge in [0.15, 0.2) is 5.16 Å². The summed E-state index contributed by atoms with van der Waals surface area (Å²) in [5, 5.41) is 13.7. The Balaban J connectivity index is 1.57. The van der Waals surface area contributed by atoms with E-state index in [4.69, 9.17) is 4.98 Å². The number of hydrogen-bond acceptors (Lipinski definition) is 6. The van der Waals surface area contributed by atoms with E-state index in [9.17, 15) is 14.9 Å². The van der Waals surface area contributed by atoms with E-state index in [1.165, 1.54) is 28.6 Å². The molecule has 6 nitrogen and oxygen atoms in total. The molecule has 2 heterocycles. The number of carbonyl (C=O) groups excluding carboxylic acids is 1. The third-order valence-electron chi connectivity index (χ3n) is 5.71. The number of aromatic nitrogens is 2. The molecule has 0 saturated heterocycles. The van der Waals surface area contributed by atoms with Crippen molar-refractivity contribution >= 4 is 39.2 Å². The standard InChI is InChI=1S/C20H24N4O2S2/c1-3-24-18(26)16-13-6-4-5-7-14(13)28-17(16)22-19(24)27-10-15(25)23-20(2,11-21)12-8-9-12/h12H,3-10H2,1-2H3,(H,23,25). The molecule has 4 rings (SSSR count). The van der Waals surface area contributed by atoms with Crippen molar-refractivity contribution in [1.82, 2.24) is 14.9 Å². The Morgan fingerprint density at radius 1 is 1.43 bits per heavy atom. The van der Waals surface area contributed by atoms with E-state index in [-0.39, 0.29) is 23.1 Å². The number of nitriles is 1. The molecule has 28 heavy (non-hydrogen) atoms. The number of thiophene rings is 1. The van der Waals surface area contributed by atoms with Gasteiger partial charge in [-0.2, -0.15) is 5.26 Å². The SMILES string of the molecule is CCn1c(SCC(=O)NC(C)(C#N)C2CC2)nc2sc3c(c2c1=O)CCCC3. The van der Waals surface area contributed by atoms with Crippen molar-refractivity contribution in [1.29, 1.82) is 5.26 Å². The van der Waals surface area contributed by atoms with Crippen LogP contribution in [-0.2, 0) is 24.2 Å². The van der Waals surface area contributed by atoms with Crippen LogP contribution in [0, 0.1) is 17.2 Å². The van der Waals surface area contributed by atoms with Gasteiger partial charge >= 0.3 is 0 Å². The number of fused-ring (bicyclic) bond motifs is 3. The summed E-state index contributed by atoms with van der Waals surface area (Å²) in [5.74, 6) is 0.197. The predicted molar refractivity (Wildman–Crippen MR) is 112 cm³/mol. The van der Waals surface area contributed by atoms with Crippen molar-refractivity contribution in [3.63, 3.8) is 0 Å². The molecule has 2 aliphatic rings. The molecule has 8 heteroatoms. The van der Waals surface area contributed by atoms with Gasteiger partial charge < -0.3 is 5.32 Å². The number of carbonyl (C=O) groups is 1. The van der Waals surface area contributed by atoms with Gasteiger partial charge in [-0.3, -0.25) is 14.2 Å². The highest BCUT2D eigenvalue weighted by Crippen LogP contribution is 2.39. The average Bonchev–Trinajstić information content (AvgIpc) is 3.48. The first-order chi connectivity index (χ1) is 13.5. The van der Waals surface area contributed by atoms with Crippen LogP contribution in [0.5, 0.6) is 0 Å². The number of hydrogen-bond donors (Lipinski definition) is 1. The fraction of sp³-hybridized carbons (Fsp3) is 0.600. The third-order valence-corrected chi connectivity index (χ3v) is 7.88. The summed E-state index contributed by atoms with van der Waals surface area (Å²) in [4.78, 5) is 32.4. The highest BCUT2D eigenvalue weighted by molar-refractivity contribution is 7.99. The summed E-state index contributed by atoms with van der Waals surface area (Å²) >= 11 is 2.90. The van der Waals surface area contributed by atoms with Gasteiger partial charge in [-0.25, -0.2) is 4.98 Å². The molecule has 1 saturated carbocycles. The maximum Gasteiger partial charge on any atom is 0.263 e. The molecule has 0 aliphatic heterocycles. The number of thioether (sulfide) groups is 1. The number of nitrogens with one attached hydrogen (secondary N) is 1. The van der Waals surface area contributed by atoms with Crippen molar-refractivity contribution in [2.75, 3.05) is 5.75 Å². The minimum absolute atomic E-state index is 0.00894. The van der Waals surface area contributed by atoms with Crippen LogP contribution in [0.15, 0.2) is 9.95 Å². The lowest BCUT2D eigenvalue weighted by atomic mass is 9.97. The topological polar surface area (TPSA) is 87.8 Å². The minimum Gasteiger partial charge on any atom is -0.337 e. The van der Waals surface area contributed by atoms with Crippen LogP contribution in [0.3, 0.4) is 0 Å². The fourth-order valence-corrected chi connectivity index (χ4v) is 6.11. The highest BCUT2D eigenvalue weighted by Gasteiger charge is 2.43. The summed E-state index contributed by atoms with van der Waals surface area (Å²) in [6.07, 6.45) is 6.24. The van der Waals surface area contributed by atoms with Gasteiger partial charge in [0.25, 0.3) is 5.56 Å². The Labute approximate surface area is 172 Å². The zero-order valence-electron chi connectivity index (χ0n) is 16.2. The summed E-state index contributed by atoms with van der Waals surface area (Å²) in [6, 6.07) is 2.24. The van der Waals surface area contributed by atoms with E-state index < -0.39 is 5.54 Å². The lowest BCUT2D eigenvalue weighted by Crippen LogP contribution is -2.47. The van der Waals surface area contributed by atoms with Crippen molar-refractivity contribution in [3.8, 4) is 6.07 Å². The largest absolute Gasteiger partial charge is 0.337 e. The Morgan fingerprint density at radius 3 is 2.86 bits per heavy atom. The van der Waals surface area contributed by atoms with E-state index in [2.05, 4.69) is 11.4 Å². The molecule has 1 unspecified atom stereocenters. The average molecular weight is 417 g/mol. The molecular weight excluding hydrogens is 392 g/mol. The number of aryl methyl sites for hydroxylation is 2. The van der Waals surface area contributed by atoms with E-state index in [0.717, 1.165) is 42.3 Å². The van der Waals surface area contributed by atoms with Crippen molar-refractivity contribution in [3.05, 3.63) is 20.8 Å². The number of amides is 1. The first-order valence-corrected chi connectivity index (χ1v) is 11.7. The van der Waals surface area contributed by atoms with Crippen LogP contribution >= 0.6 is 23.1 Å². The Bertz CT molecular complexity index is 1030. The smallest absolute Gasteiger partial charge is 0.263 e. The van der Waals surface area contributed by atoms with E-state index in [1.54, 1.807) is 22.8 Å². The quantitative estimate of drug-likeness (QED) is 0.577. The fourth-order valence-electron chi connectivity index (χ4n) is 3.95. The maximum absolute atomic E-state index is 13.1. The minimum atomic E-state index is -0.799. The van der Waals surface area contributed by atoms with Crippen LogP contribution in [0.2, 0.25) is 0 Å². The summed E-state index contributed by atoms with van der Waals surface area (Å²) in [7, 11) is 0. The molecule has 0 radical (unpaired) electrons. The summed E-state index contributed by atoms with van der Waals surface area (Å²) in [6.45, 7) is 4.24. The number of rotatable bonds is 6. The normalized spacial score (nSPS) is 18.3. The van der Waals surface area contributed by atoms with Gasteiger partial charge in [-0.15, -0.1) is 11.3 Å². The zero-order valence-corrected chi connectivity index (χ0v) is 17.8. The second-order valence-corrected chi connectivity index (χ2v) is 9.79. The highest BCUT2D eigenvalue weighted by atomic mass is 32.2. The molecule has 0 aromatic carbocycles. The summed E-state index contributed by atoms with van der Waals surface area (Å²) in [5.41, 5.74) is 0.399. The maximum atomic E-state index is 13.1.